The van der Waals surface area contributed by atoms with Crippen LogP contribution >= 0.6 is 0 Å². The smallest absolute Gasteiger partial charge is 0.335 e. The Morgan fingerprint density at radius 1 is 1.10 bits per heavy atom. The molecule has 1 atom stereocenters. The van der Waals surface area contributed by atoms with Crippen LogP contribution in [0.15, 0.2) is 60.3 Å². The number of hydrogen-bond donors (Lipinski definition) is 2. The minimum absolute atomic E-state index is 0.00894. The minimum Gasteiger partial charge on any atom is -0.545 e. The van der Waals surface area contributed by atoms with Gasteiger partial charge in [0.2, 0.25) is 5.91 Å². The van der Waals surface area contributed by atoms with Gasteiger partial charge in [0.25, 0.3) is 5.91 Å². The van der Waals surface area contributed by atoms with E-state index >= 15 is 0 Å². The molecule has 0 aromatic heterocycles. The van der Waals surface area contributed by atoms with E-state index in [1.807, 2.05) is 0 Å². The standard InChI is InChI=1S/C21H19N3O6/c1-3-16(22-13-6-4-12(5-7-13)20(27)28)17-18(25)23-21(29)24(19(17)26)14-8-10-15(30-2)11-9-14/h3-11,17,22H,1-2H3,(H,27,28)(H,23,25,29)/p-1/b16-3+/t17-/m0/s1. The molecule has 0 unspecified atom stereocenters. The Bertz CT molecular complexity index is 1030. The number of nitrogens with zero attached hydrogens (tertiary/aromatic N) is 1. The molecule has 1 aliphatic rings. The van der Waals surface area contributed by atoms with Gasteiger partial charge >= 0.3 is 6.03 Å². The molecular weight excluding hydrogens is 390 g/mol. The van der Waals surface area contributed by atoms with Gasteiger partial charge in [-0.2, -0.15) is 0 Å². The van der Waals surface area contributed by atoms with Crippen LogP contribution in [0.1, 0.15) is 17.3 Å². The van der Waals surface area contributed by atoms with Crippen LogP contribution in [0.3, 0.4) is 0 Å². The highest BCUT2D eigenvalue weighted by molar-refractivity contribution is 6.29. The number of urea groups is 1. The highest BCUT2D eigenvalue weighted by atomic mass is 16.5. The lowest BCUT2D eigenvalue weighted by Gasteiger charge is -2.31. The first-order valence-corrected chi connectivity index (χ1v) is 8.93. The molecule has 0 bridgehead atoms. The summed E-state index contributed by atoms with van der Waals surface area (Å²) >= 11 is 0. The molecule has 3 rings (SSSR count). The Morgan fingerprint density at radius 2 is 1.73 bits per heavy atom. The molecule has 0 saturated carbocycles. The van der Waals surface area contributed by atoms with Gasteiger partial charge in [-0.3, -0.25) is 14.9 Å². The number of benzene rings is 2. The average Bonchev–Trinajstić information content (AvgIpc) is 2.73. The number of allylic oxidation sites excluding steroid dienone is 1. The van der Waals surface area contributed by atoms with E-state index in [0.29, 0.717) is 11.4 Å². The Labute approximate surface area is 171 Å². The van der Waals surface area contributed by atoms with Gasteiger partial charge in [0.15, 0.2) is 5.92 Å². The summed E-state index contributed by atoms with van der Waals surface area (Å²) in [5, 5.41) is 16.0. The lowest BCUT2D eigenvalue weighted by atomic mass is 9.99. The van der Waals surface area contributed by atoms with E-state index in [2.05, 4.69) is 10.6 Å². The zero-order valence-electron chi connectivity index (χ0n) is 16.2. The van der Waals surface area contributed by atoms with Crippen molar-refractivity contribution in [2.45, 2.75) is 6.92 Å². The van der Waals surface area contributed by atoms with E-state index in [4.69, 9.17) is 4.74 Å². The van der Waals surface area contributed by atoms with Gasteiger partial charge in [0, 0.05) is 11.4 Å². The summed E-state index contributed by atoms with van der Waals surface area (Å²) < 4.78 is 5.08. The molecular formula is C21H18N3O6-. The summed E-state index contributed by atoms with van der Waals surface area (Å²) in [7, 11) is 1.49. The largest absolute Gasteiger partial charge is 0.545 e. The highest BCUT2D eigenvalue weighted by Crippen LogP contribution is 2.27. The van der Waals surface area contributed by atoms with Crippen molar-refractivity contribution in [3.63, 3.8) is 0 Å². The number of amides is 4. The van der Waals surface area contributed by atoms with Crippen molar-refractivity contribution in [3.05, 3.63) is 65.9 Å². The van der Waals surface area contributed by atoms with Crippen LogP contribution in [0.25, 0.3) is 0 Å². The van der Waals surface area contributed by atoms with E-state index in [1.165, 1.54) is 49.6 Å². The van der Waals surface area contributed by atoms with Gasteiger partial charge in [-0.15, -0.1) is 0 Å². The van der Waals surface area contributed by atoms with Crippen molar-refractivity contribution in [1.82, 2.24) is 5.32 Å². The number of ether oxygens (including phenoxy) is 1. The van der Waals surface area contributed by atoms with Crippen molar-refractivity contribution in [1.29, 1.82) is 0 Å². The molecule has 1 heterocycles. The summed E-state index contributed by atoms with van der Waals surface area (Å²) in [5.41, 5.74) is 0.973. The number of anilines is 2. The third kappa shape index (κ3) is 4.00. The monoisotopic (exact) mass is 408 g/mol. The molecule has 1 aliphatic heterocycles. The molecule has 30 heavy (non-hydrogen) atoms. The van der Waals surface area contributed by atoms with Crippen LogP contribution in [0.4, 0.5) is 16.2 Å². The number of aromatic carboxylic acids is 1. The molecule has 154 valence electrons. The van der Waals surface area contributed by atoms with Crippen molar-refractivity contribution in [2.75, 3.05) is 17.3 Å². The maximum atomic E-state index is 13.1. The number of barbiturate groups is 1. The average molecular weight is 408 g/mol. The molecule has 4 amide bonds. The molecule has 2 aromatic carbocycles. The van der Waals surface area contributed by atoms with E-state index in [0.717, 1.165) is 4.90 Å². The van der Waals surface area contributed by atoms with Gasteiger partial charge in [-0.05, 0) is 48.9 Å². The fourth-order valence-corrected chi connectivity index (χ4v) is 2.99. The third-order valence-corrected chi connectivity index (χ3v) is 4.52. The van der Waals surface area contributed by atoms with Crippen LogP contribution < -0.4 is 25.4 Å². The summed E-state index contributed by atoms with van der Waals surface area (Å²) in [5.74, 6) is -3.55. The number of hydrogen-bond acceptors (Lipinski definition) is 7. The maximum Gasteiger partial charge on any atom is 0.335 e. The van der Waals surface area contributed by atoms with Gasteiger partial charge in [0.1, 0.15) is 5.75 Å². The number of rotatable bonds is 6. The maximum absolute atomic E-state index is 13.1. The van der Waals surface area contributed by atoms with Gasteiger partial charge in [-0.1, -0.05) is 18.2 Å². The number of imide groups is 2. The predicted molar refractivity (Wildman–Crippen MR) is 106 cm³/mol. The number of carboxylic acids is 1. The SMILES string of the molecule is C/C=C(/Nc1ccc(C(=O)[O-])cc1)[C@H]1C(=O)NC(=O)N(c2ccc(OC)cc2)C1=O. The second-order valence-corrected chi connectivity index (χ2v) is 6.33. The minimum atomic E-state index is -1.32. The quantitative estimate of drug-likeness (QED) is 0.689. The molecule has 9 heteroatoms. The topological polar surface area (TPSA) is 128 Å². The van der Waals surface area contributed by atoms with E-state index in [1.54, 1.807) is 19.1 Å². The molecule has 1 saturated heterocycles. The second kappa shape index (κ2) is 8.48. The van der Waals surface area contributed by atoms with Crippen molar-refractivity contribution in [2.24, 2.45) is 5.92 Å². The van der Waals surface area contributed by atoms with E-state index in [-0.39, 0.29) is 16.9 Å². The first-order valence-electron chi connectivity index (χ1n) is 8.93. The number of nitrogens with one attached hydrogen (secondary N) is 2. The first kappa shape index (κ1) is 20.6. The predicted octanol–water partition coefficient (Wildman–Crippen LogP) is 1.27. The summed E-state index contributed by atoms with van der Waals surface area (Å²) in [6, 6.07) is 11.0. The fourth-order valence-electron chi connectivity index (χ4n) is 2.99. The first-order chi connectivity index (χ1) is 14.3. The summed E-state index contributed by atoms with van der Waals surface area (Å²) in [6.07, 6.45) is 1.54. The fraction of sp³-hybridized carbons (Fsp3) is 0.143. The Morgan fingerprint density at radius 3 is 2.27 bits per heavy atom. The third-order valence-electron chi connectivity index (χ3n) is 4.52. The number of methoxy groups -OCH3 is 1. The molecule has 0 aliphatic carbocycles. The molecule has 1 fully saturated rings. The molecule has 2 N–H and O–H groups in total. The summed E-state index contributed by atoms with van der Waals surface area (Å²) in [4.78, 5) is 49.6. The molecule has 9 nitrogen and oxygen atoms in total. The number of carbonyl (C=O) groups excluding carboxylic acids is 4. The lowest BCUT2D eigenvalue weighted by Crippen LogP contribution is -2.59. The van der Waals surface area contributed by atoms with Gasteiger partial charge in [0.05, 0.1) is 18.8 Å². The van der Waals surface area contributed by atoms with E-state index < -0.39 is 29.7 Å². The van der Waals surface area contributed by atoms with Crippen LogP contribution in [0, 0.1) is 5.92 Å². The Kier molecular flexibility index (Phi) is 5.82. The van der Waals surface area contributed by atoms with Gasteiger partial charge in [-0.25, -0.2) is 9.69 Å². The zero-order chi connectivity index (χ0) is 21.8. The zero-order valence-corrected chi connectivity index (χ0v) is 16.2. The van der Waals surface area contributed by atoms with Crippen LogP contribution in [0.2, 0.25) is 0 Å². The Balaban J connectivity index is 1.88. The van der Waals surface area contributed by atoms with E-state index in [9.17, 15) is 24.3 Å². The molecule has 0 spiro atoms. The second-order valence-electron chi connectivity index (χ2n) is 6.33. The van der Waals surface area contributed by atoms with Crippen molar-refractivity contribution in [3.8, 4) is 5.75 Å². The number of carboxylic acid groups (broad SMARTS) is 1. The van der Waals surface area contributed by atoms with Crippen molar-refractivity contribution < 1.29 is 29.0 Å². The van der Waals surface area contributed by atoms with Crippen molar-refractivity contribution >= 4 is 35.2 Å². The van der Waals surface area contributed by atoms with Crippen LogP contribution in [0.5, 0.6) is 5.75 Å². The lowest BCUT2D eigenvalue weighted by molar-refractivity contribution is -0.255. The van der Waals surface area contributed by atoms with Crippen LogP contribution in [-0.4, -0.2) is 30.9 Å². The van der Waals surface area contributed by atoms with Gasteiger partial charge < -0.3 is 20.0 Å². The summed E-state index contributed by atoms with van der Waals surface area (Å²) in [6.45, 7) is 1.63. The van der Waals surface area contributed by atoms with Crippen LogP contribution in [-0.2, 0) is 9.59 Å². The number of carbonyl (C=O) groups is 4. The Hall–Kier alpha value is -4.14. The molecule has 2 aromatic rings. The normalized spacial score (nSPS) is 16.9. The highest BCUT2D eigenvalue weighted by Gasteiger charge is 2.43. The molecule has 0 radical (unpaired) electrons.